The van der Waals surface area contributed by atoms with Gasteiger partial charge in [0.05, 0.1) is 12.8 Å². The normalized spacial score (nSPS) is 10.7. The van der Waals surface area contributed by atoms with Gasteiger partial charge in [-0.05, 0) is 41.8 Å². The molecule has 90 valence electrons. The molecule has 0 aliphatic heterocycles. The van der Waals surface area contributed by atoms with E-state index >= 15 is 0 Å². The second-order valence-electron chi connectivity index (χ2n) is 4.07. The third kappa shape index (κ3) is 2.00. The van der Waals surface area contributed by atoms with Crippen molar-refractivity contribution in [1.29, 1.82) is 0 Å². The minimum Gasteiger partial charge on any atom is -0.467 e. The second kappa shape index (κ2) is 4.41. The summed E-state index contributed by atoms with van der Waals surface area (Å²) >= 11 is 0. The Balaban J connectivity index is 1.92. The number of hydrogen-bond acceptors (Lipinski definition) is 4. The number of nitrogen functional groups attached to an aromatic ring is 1. The Kier molecular flexibility index (Phi) is 2.61. The molecule has 18 heavy (non-hydrogen) atoms. The zero-order valence-electron chi connectivity index (χ0n) is 9.76. The van der Waals surface area contributed by atoms with E-state index in [4.69, 9.17) is 10.2 Å². The fourth-order valence-electron chi connectivity index (χ4n) is 1.92. The quantitative estimate of drug-likeness (QED) is 0.689. The Morgan fingerprint density at radius 1 is 1.22 bits per heavy atom. The first-order valence-corrected chi connectivity index (χ1v) is 5.73. The Morgan fingerprint density at radius 3 is 3.00 bits per heavy atom. The van der Waals surface area contributed by atoms with Crippen LogP contribution in [0.3, 0.4) is 0 Å². The molecule has 0 aliphatic rings. The van der Waals surface area contributed by atoms with Crippen LogP contribution in [0.2, 0.25) is 0 Å². The molecule has 4 nitrogen and oxygen atoms in total. The smallest absolute Gasteiger partial charge is 0.134 e. The van der Waals surface area contributed by atoms with E-state index in [-0.39, 0.29) is 0 Å². The molecule has 0 aliphatic carbocycles. The van der Waals surface area contributed by atoms with Crippen molar-refractivity contribution >= 4 is 22.3 Å². The summed E-state index contributed by atoms with van der Waals surface area (Å²) in [4.78, 5) is 4.34. The molecule has 3 N–H and O–H groups in total. The summed E-state index contributed by atoms with van der Waals surface area (Å²) in [6.45, 7) is 0.615. The third-order valence-electron chi connectivity index (χ3n) is 2.80. The predicted octanol–water partition coefficient (Wildman–Crippen LogP) is 3.02. The SMILES string of the molecule is Nc1ccc2c(NCc3ccco3)nccc2c1. The standard InChI is InChI=1S/C14H13N3O/c15-11-3-4-13-10(8-11)5-6-16-14(13)17-9-12-2-1-7-18-12/h1-8H,9,15H2,(H,16,17). The van der Waals surface area contributed by atoms with Crippen molar-refractivity contribution < 1.29 is 4.42 Å². The van der Waals surface area contributed by atoms with Gasteiger partial charge >= 0.3 is 0 Å². The molecular formula is C14H13N3O. The number of rotatable bonds is 3. The number of pyridine rings is 1. The van der Waals surface area contributed by atoms with Crippen LogP contribution in [0.15, 0.2) is 53.3 Å². The van der Waals surface area contributed by atoms with Crippen molar-refractivity contribution in [3.63, 3.8) is 0 Å². The van der Waals surface area contributed by atoms with Crippen LogP contribution in [-0.2, 0) is 6.54 Å². The lowest BCUT2D eigenvalue weighted by Gasteiger charge is -2.07. The number of anilines is 2. The van der Waals surface area contributed by atoms with E-state index in [2.05, 4.69) is 10.3 Å². The van der Waals surface area contributed by atoms with Gasteiger partial charge in [0.25, 0.3) is 0 Å². The Bertz CT molecular complexity index is 662. The van der Waals surface area contributed by atoms with Crippen molar-refractivity contribution in [2.75, 3.05) is 11.1 Å². The molecule has 0 fully saturated rings. The first-order valence-electron chi connectivity index (χ1n) is 5.73. The van der Waals surface area contributed by atoms with Crippen molar-refractivity contribution in [3.8, 4) is 0 Å². The number of aromatic nitrogens is 1. The minimum atomic E-state index is 0.615. The summed E-state index contributed by atoms with van der Waals surface area (Å²) in [6.07, 6.45) is 3.43. The number of nitrogens with one attached hydrogen (secondary N) is 1. The molecule has 3 rings (SSSR count). The van der Waals surface area contributed by atoms with Crippen molar-refractivity contribution in [3.05, 3.63) is 54.6 Å². The third-order valence-corrected chi connectivity index (χ3v) is 2.80. The zero-order chi connectivity index (χ0) is 12.4. The maximum atomic E-state index is 5.77. The Hall–Kier alpha value is -2.49. The van der Waals surface area contributed by atoms with Crippen molar-refractivity contribution in [2.45, 2.75) is 6.54 Å². The molecule has 0 spiro atoms. The monoisotopic (exact) mass is 239 g/mol. The van der Waals surface area contributed by atoms with Gasteiger partial charge in [0.1, 0.15) is 11.6 Å². The van der Waals surface area contributed by atoms with E-state index < -0.39 is 0 Å². The maximum Gasteiger partial charge on any atom is 0.134 e. The molecule has 0 bridgehead atoms. The molecule has 2 heterocycles. The van der Waals surface area contributed by atoms with E-state index in [0.29, 0.717) is 6.54 Å². The summed E-state index contributed by atoms with van der Waals surface area (Å²) in [5.74, 6) is 1.72. The van der Waals surface area contributed by atoms with Gasteiger partial charge in [-0.1, -0.05) is 0 Å². The highest BCUT2D eigenvalue weighted by molar-refractivity contribution is 5.93. The summed E-state index contributed by atoms with van der Waals surface area (Å²) in [5.41, 5.74) is 6.52. The fourth-order valence-corrected chi connectivity index (χ4v) is 1.92. The van der Waals surface area contributed by atoms with Gasteiger partial charge in [0.15, 0.2) is 0 Å². The van der Waals surface area contributed by atoms with E-state index in [1.807, 2.05) is 36.4 Å². The summed E-state index contributed by atoms with van der Waals surface area (Å²) in [5, 5.41) is 5.39. The van der Waals surface area contributed by atoms with E-state index in [1.54, 1.807) is 12.5 Å². The molecule has 0 saturated carbocycles. The van der Waals surface area contributed by atoms with Gasteiger partial charge < -0.3 is 15.5 Å². The lowest BCUT2D eigenvalue weighted by Crippen LogP contribution is -2.01. The predicted molar refractivity (Wildman–Crippen MR) is 72.2 cm³/mol. The topological polar surface area (TPSA) is 64.1 Å². The molecule has 0 radical (unpaired) electrons. The lowest BCUT2D eigenvalue weighted by molar-refractivity contribution is 0.518. The van der Waals surface area contributed by atoms with E-state index in [9.17, 15) is 0 Å². The molecule has 0 amide bonds. The van der Waals surface area contributed by atoms with Crippen LogP contribution in [0.1, 0.15) is 5.76 Å². The highest BCUT2D eigenvalue weighted by atomic mass is 16.3. The van der Waals surface area contributed by atoms with Crippen molar-refractivity contribution in [2.24, 2.45) is 0 Å². The molecule has 3 aromatic rings. The average Bonchev–Trinajstić information content (AvgIpc) is 2.89. The molecule has 1 aromatic carbocycles. The fraction of sp³-hybridized carbons (Fsp3) is 0.0714. The van der Waals surface area contributed by atoms with Crippen LogP contribution in [-0.4, -0.2) is 4.98 Å². The summed E-state index contributed by atoms with van der Waals surface area (Å²) < 4.78 is 5.28. The first kappa shape index (κ1) is 10.7. The highest BCUT2D eigenvalue weighted by Gasteiger charge is 2.03. The maximum absolute atomic E-state index is 5.77. The molecule has 4 heteroatoms. The molecule has 0 unspecified atom stereocenters. The van der Waals surface area contributed by atoms with Gasteiger partial charge in [-0.15, -0.1) is 0 Å². The van der Waals surface area contributed by atoms with Crippen molar-refractivity contribution in [1.82, 2.24) is 4.98 Å². The summed E-state index contributed by atoms with van der Waals surface area (Å²) in [6, 6.07) is 11.5. The minimum absolute atomic E-state index is 0.615. The summed E-state index contributed by atoms with van der Waals surface area (Å²) in [7, 11) is 0. The second-order valence-corrected chi connectivity index (χ2v) is 4.07. The van der Waals surface area contributed by atoms with Crippen LogP contribution >= 0.6 is 0 Å². The van der Waals surface area contributed by atoms with Gasteiger partial charge in [0, 0.05) is 17.3 Å². The van der Waals surface area contributed by atoms with Gasteiger partial charge in [0.2, 0.25) is 0 Å². The van der Waals surface area contributed by atoms with E-state index in [0.717, 1.165) is 28.0 Å². The number of furan rings is 1. The number of nitrogens with two attached hydrogens (primary N) is 1. The highest BCUT2D eigenvalue weighted by Crippen LogP contribution is 2.23. The average molecular weight is 239 g/mol. The van der Waals surface area contributed by atoms with Crippen LogP contribution < -0.4 is 11.1 Å². The van der Waals surface area contributed by atoms with Crippen LogP contribution in [0.25, 0.3) is 10.8 Å². The molecule has 2 aromatic heterocycles. The first-order chi connectivity index (χ1) is 8.83. The van der Waals surface area contributed by atoms with Gasteiger partial charge in [-0.2, -0.15) is 0 Å². The van der Waals surface area contributed by atoms with Crippen LogP contribution in [0, 0.1) is 0 Å². The lowest BCUT2D eigenvalue weighted by atomic mass is 10.1. The van der Waals surface area contributed by atoms with Gasteiger partial charge in [-0.25, -0.2) is 4.98 Å². The number of nitrogens with zero attached hydrogens (tertiary/aromatic N) is 1. The Morgan fingerprint density at radius 2 is 2.17 bits per heavy atom. The number of benzene rings is 1. The van der Waals surface area contributed by atoms with Crippen LogP contribution in [0.5, 0.6) is 0 Å². The molecular weight excluding hydrogens is 226 g/mol. The molecule has 0 saturated heterocycles. The Labute approximate surface area is 104 Å². The zero-order valence-corrected chi connectivity index (χ0v) is 9.76. The number of fused-ring (bicyclic) bond motifs is 1. The van der Waals surface area contributed by atoms with E-state index in [1.165, 1.54) is 0 Å². The van der Waals surface area contributed by atoms with Gasteiger partial charge in [-0.3, -0.25) is 0 Å². The largest absolute Gasteiger partial charge is 0.467 e. The van der Waals surface area contributed by atoms with Crippen LogP contribution in [0.4, 0.5) is 11.5 Å². The number of hydrogen-bond donors (Lipinski definition) is 2. The molecule has 0 atom stereocenters.